The molecule has 0 fully saturated rings. The monoisotopic (exact) mass is 904 g/mol. The molecule has 0 aromatic rings. The lowest BCUT2D eigenvalue weighted by molar-refractivity contribution is -0.151. The number of esters is 1. The second-order valence-electron chi connectivity index (χ2n) is 20.1. The number of unbranched alkanes of at least 4 members (excludes halogenated alkanes) is 39. The third-order valence-corrected chi connectivity index (χ3v) is 13.6. The van der Waals surface area contributed by atoms with E-state index in [0.717, 1.165) is 44.9 Å². The summed E-state index contributed by atoms with van der Waals surface area (Å²) in [5.41, 5.74) is 0. The Labute approximate surface area is 399 Å². The lowest BCUT2D eigenvalue weighted by Crippen LogP contribution is -2.46. The molecule has 0 saturated carbocycles. The van der Waals surface area contributed by atoms with Crippen molar-refractivity contribution in [2.24, 2.45) is 0 Å². The third kappa shape index (κ3) is 47.1. The van der Waals surface area contributed by atoms with Gasteiger partial charge in [-0.1, -0.05) is 270 Å². The van der Waals surface area contributed by atoms with Crippen LogP contribution in [0.25, 0.3) is 0 Å². The number of carbonyl (C=O) groups excluding carboxylic acids is 2. The lowest BCUT2D eigenvalue weighted by Gasteiger charge is -2.24. The van der Waals surface area contributed by atoms with Gasteiger partial charge in [0.1, 0.15) is 6.10 Å². The van der Waals surface area contributed by atoms with Crippen LogP contribution in [-0.2, 0) is 14.3 Å². The zero-order valence-corrected chi connectivity index (χ0v) is 43.4. The molecular weight excluding hydrogens is 791 g/mol. The zero-order chi connectivity index (χ0) is 46.7. The SMILES string of the molecule is CCCCCCCC/C=C/CCCCCCCCCCCC(=O)OC(CCCCCCCCCCCC)CC(=O)NC(CO)C(O)CCCCCCCCCCCCCCCCCC. The number of hydrogen-bond donors (Lipinski definition) is 3. The van der Waals surface area contributed by atoms with E-state index in [4.69, 9.17) is 4.74 Å². The van der Waals surface area contributed by atoms with E-state index in [0.29, 0.717) is 19.3 Å². The predicted molar refractivity (Wildman–Crippen MR) is 278 cm³/mol. The molecule has 1 amide bonds. The van der Waals surface area contributed by atoms with Crippen LogP contribution >= 0.6 is 0 Å². The Bertz CT molecular complexity index is 970. The quantitative estimate of drug-likeness (QED) is 0.0321. The van der Waals surface area contributed by atoms with Gasteiger partial charge in [0.15, 0.2) is 0 Å². The minimum atomic E-state index is -0.782. The summed E-state index contributed by atoms with van der Waals surface area (Å²) < 4.78 is 5.95. The van der Waals surface area contributed by atoms with Crippen LogP contribution in [0.15, 0.2) is 12.2 Å². The minimum Gasteiger partial charge on any atom is -0.462 e. The van der Waals surface area contributed by atoms with Crippen molar-refractivity contribution in [3.8, 4) is 0 Å². The fraction of sp³-hybridized carbons (Fsp3) is 0.931. The predicted octanol–water partition coefficient (Wildman–Crippen LogP) is 17.7. The van der Waals surface area contributed by atoms with Crippen molar-refractivity contribution in [2.45, 2.75) is 341 Å². The first kappa shape index (κ1) is 62.6. The molecule has 0 aromatic heterocycles. The van der Waals surface area contributed by atoms with Crippen LogP contribution in [0.5, 0.6) is 0 Å². The molecule has 0 rings (SSSR count). The summed E-state index contributed by atoms with van der Waals surface area (Å²) in [5.74, 6) is -0.456. The molecule has 0 aliphatic heterocycles. The maximum atomic E-state index is 13.2. The molecule has 3 N–H and O–H groups in total. The molecule has 0 aliphatic rings. The van der Waals surface area contributed by atoms with Crippen LogP contribution in [-0.4, -0.2) is 46.9 Å². The van der Waals surface area contributed by atoms with Gasteiger partial charge in [0.25, 0.3) is 0 Å². The largest absolute Gasteiger partial charge is 0.462 e. The van der Waals surface area contributed by atoms with Crippen molar-refractivity contribution >= 4 is 11.9 Å². The number of allylic oxidation sites excluding steroid dienone is 2. The Balaban J connectivity index is 4.38. The fourth-order valence-corrected chi connectivity index (χ4v) is 9.19. The van der Waals surface area contributed by atoms with Gasteiger partial charge in [0.05, 0.1) is 25.2 Å². The van der Waals surface area contributed by atoms with E-state index in [2.05, 4.69) is 38.2 Å². The van der Waals surface area contributed by atoms with Crippen LogP contribution in [0, 0.1) is 0 Å². The molecule has 0 aliphatic carbocycles. The van der Waals surface area contributed by atoms with E-state index in [1.165, 1.54) is 231 Å². The van der Waals surface area contributed by atoms with E-state index in [9.17, 15) is 19.8 Å². The molecule has 3 atom stereocenters. The molecule has 3 unspecified atom stereocenters. The highest BCUT2D eigenvalue weighted by Crippen LogP contribution is 2.19. The van der Waals surface area contributed by atoms with Crippen molar-refractivity contribution in [3.05, 3.63) is 12.2 Å². The van der Waals surface area contributed by atoms with Gasteiger partial charge in [-0.3, -0.25) is 9.59 Å². The summed E-state index contributed by atoms with van der Waals surface area (Å²) >= 11 is 0. The Hall–Kier alpha value is -1.40. The number of aliphatic hydroxyl groups excluding tert-OH is 2. The van der Waals surface area contributed by atoms with Gasteiger partial charge < -0.3 is 20.3 Å². The standard InChI is InChI=1S/C58H113NO5/c1-4-7-10-13-16-19-22-24-26-28-29-30-32-34-36-39-42-45-48-51-58(63)64-54(49-46-43-40-37-21-18-15-12-9-6-3)52-57(62)59-55(53-60)56(61)50-47-44-41-38-35-33-31-27-25-23-20-17-14-11-8-5-2/h24,26,54-56,60-61H,4-23,25,27-53H2,1-3H3,(H,59,62)/b26-24+. The highest BCUT2D eigenvalue weighted by atomic mass is 16.5. The van der Waals surface area contributed by atoms with E-state index in [1.807, 2.05) is 0 Å². The van der Waals surface area contributed by atoms with Crippen molar-refractivity contribution < 1.29 is 24.5 Å². The Morgan fingerprint density at radius 3 is 1.11 bits per heavy atom. The van der Waals surface area contributed by atoms with Crippen LogP contribution in [0.1, 0.15) is 323 Å². The van der Waals surface area contributed by atoms with E-state index in [1.54, 1.807) is 0 Å². The first-order chi connectivity index (χ1) is 31.5. The van der Waals surface area contributed by atoms with Crippen LogP contribution in [0.2, 0.25) is 0 Å². The third-order valence-electron chi connectivity index (χ3n) is 13.6. The Morgan fingerprint density at radius 1 is 0.438 bits per heavy atom. The highest BCUT2D eigenvalue weighted by Gasteiger charge is 2.24. The molecule has 0 heterocycles. The first-order valence-electron chi connectivity index (χ1n) is 28.9. The lowest BCUT2D eigenvalue weighted by atomic mass is 10.0. The van der Waals surface area contributed by atoms with Crippen molar-refractivity contribution in [1.29, 1.82) is 0 Å². The topological polar surface area (TPSA) is 95.9 Å². The van der Waals surface area contributed by atoms with Crippen LogP contribution in [0.4, 0.5) is 0 Å². The molecule has 0 aromatic carbocycles. The van der Waals surface area contributed by atoms with Gasteiger partial charge in [-0.05, 0) is 51.4 Å². The molecule has 0 spiro atoms. The van der Waals surface area contributed by atoms with Gasteiger partial charge in [-0.25, -0.2) is 0 Å². The van der Waals surface area contributed by atoms with Gasteiger partial charge in [-0.2, -0.15) is 0 Å². The molecular formula is C58H113NO5. The number of hydrogen-bond acceptors (Lipinski definition) is 5. The summed E-state index contributed by atoms with van der Waals surface area (Å²) in [6.45, 7) is 6.51. The molecule has 0 bridgehead atoms. The summed E-state index contributed by atoms with van der Waals surface area (Å²) in [5, 5.41) is 23.9. The van der Waals surface area contributed by atoms with Crippen molar-refractivity contribution in [1.82, 2.24) is 5.32 Å². The highest BCUT2D eigenvalue weighted by molar-refractivity contribution is 5.77. The van der Waals surface area contributed by atoms with E-state index >= 15 is 0 Å². The number of carbonyl (C=O) groups is 2. The number of ether oxygens (including phenoxy) is 1. The van der Waals surface area contributed by atoms with Gasteiger partial charge in [-0.15, -0.1) is 0 Å². The molecule has 0 radical (unpaired) electrons. The number of amides is 1. The Kier molecular flexibility index (Phi) is 51.4. The molecule has 6 nitrogen and oxygen atoms in total. The average molecular weight is 905 g/mol. The summed E-state index contributed by atoms with van der Waals surface area (Å²) in [4.78, 5) is 26.2. The van der Waals surface area contributed by atoms with Gasteiger partial charge >= 0.3 is 5.97 Å². The number of aliphatic hydroxyl groups is 2. The van der Waals surface area contributed by atoms with Crippen LogP contribution < -0.4 is 5.32 Å². The minimum absolute atomic E-state index is 0.0842. The molecule has 6 heteroatoms. The number of rotatable bonds is 53. The second-order valence-corrected chi connectivity index (χ2v) is 20.1. The number of nitrogens with one attached hydrogen (secondary N) is 1. The smallest absolute Gasteiger partial charge is 0.306 e. The van der Waals surface area contributed by atoms with E-state index in [-0.39, 0.29) is 24.9 Å². The molecule has 64 heavy (non-hydrogen) atoms. The molecule has 0 saturated heterocycles. The summed E-state index contributed by atoms with van der Waals surface area (Å²) in [6, 6.07) is -0.695. The molecule has 380 valence electrons. The summed E-state index contributed by atoms with van der Waals surface area (Å²) in [7, 11) is 0. The van der Waals surface area contributed by atoms with Gasteiger partial charge in [0, 0.05) is 6.42 Å². The zero-order valence-electron chi connectivity index (χ0n) is 43.4. The van der Waals surface area contributed by atoms with Crippen LogP contribution in [0.3, 0.4) is 0 Å². The van der Waals surface area contributed by atoms with Crippen molar-refractivity contribution in [2.75, 3.05) is 6.61 Å². The fourth-order valence-electron chi connectivity index (χ4n) is 9.19. The first-order valence-corrected chi connectivity index (χ1v) is 28.9. The maximum absolute atomic E-state index is 13.2. The Morgan fingerprint density at radius 2 is 0.750 bits per heavy atom. The van der Waals surface area contributed by atoms with E-state index < -0.39 is 18.2 Å². The second kappa shape index (κ2) is 52.6. The van der Waals surface area contributed by atoms with Gasteiger partial charge in [0.2, 0.25) is 5.91 Å². The summed E-state index contributed by atoms with van der Waals surface area (Å²) in [6.07, 6.45) is 60.0. The van der Waals surface area contributed by atoms with Crippen molar-refractivity contribution in [3.63, 3.8) is 0 Å². The maximum Gasteiger partial charge on any atom is 0.306 e. The average Bonchev–Trinajstić information content (AvgIpc) is 3.29. The normalized spacial score (nSPS) is 13.1.